The van der Waals surface area contributed by atoms with Gasteiger partial charge in [-0.3, -0.25) is 0 Å². The average Bonchev–Trinajstić information content (AvgIpc) is 2.40. The highest BCUT2D eigenvalue weighted by Crippen LogP contribution is 2.20. The molecule has 0 saturated heterocycles. The van der Waals surface area contributed by atoms with E-state index in [2.05, 4.69) is 32.0 Å². The lowest BCUT2D eigenvalue weighted by Crippen LogP contribution is -2.00. The molecule has 0 bridgehead atoms. The quantitative estimate of drug-likeness (QED) is 0.890. The Morgan fingerprint density at radius 1 is 1.00 bits per heavy atom. The number of aryl methyl sites for hydroxylation is 2. The number of ether oxygens (including phenoxy) is 1. The van der Waals surface area contributed by atoms with Crippen LogP contribution in [0.15, 0.2) is 42.5 Å². The van der Waals surface area contributed by atoms with E-state index in [4.69, 9.17) is 4.74 Å². The molecular formula is C16H18O2. The van der Waals surface area contributed by atoms with Crippen LogP contribution in [0.4, 0.5) is 0 Å². The van der Waals surface area contributed by atoms with Crippen molar-refractivity contribution in [1.29, 1.82) is 0 Å². The van der Waals surface area contributed by atoms with Crippen molar-refractivity contribution in [2.45, 2.75) is 27.1 Å². The Balaban J connectivity index is 2.14. The Kier molecular flexibility index (Phi) is 4.00. The van der Waals surface area contributed by atoms with Crippen LogP contribution in [0.1, 0.15) is 22.3 Å². The summed E-state index contributed by atoms with van der Waals surface area (Å²) in [4.78, 5) is 0. The fraction of sp³-hybridized carbons (Fsp3) is 0.250. The van der Waals surface area contributed by atoms with E-state index >= 15 is 0 Å². The highest BCUT2D eigenvalue weighted by Gasteiger charge is 2.04. The van der Waals surface area contributed by atoms with E-state index in [0.717, 1.165) is 11.3 Å². The van der Waals surface area contributed by atoms with Gasteiger partial charge < -0.3 is 9.84 Å². The lowest BCUT2D eigenvalue weighted by Gasteiger charge is -2.12. The van der Waals surface area contributed by atoms with Crippen LogP contribution >= 0.6 is 0 Å². The molecule has 94 valence electrons. The van der Waals surface area contributed by atoms with Crippen LogP contribution in [0.3, 0.4) is 0 Å². The van der Waals surface area contributed by atoms with E-state index < -0.39 is 0 Å². The summed E-state index contributed by atoms with van der Waals surface area (Å²) < 4.78 is 5.79. The summed E-state index contributed by atoms with van der Waals surface area (Å²) in [5, 5.41) is 9.23. The Morgan fingerprint density at radius 2 is 1.78 bits per heavy atom. The lowest BCUT2D eigenvalue weighted by molar-refractivity contribution is 0.259. The molecule has 2 nitrogen and oxygen atoms in total. The molecule has 0 unspecified atom stereocenters. The van der Waals surface area contributed by atoms with E-state index in [9.17, 15) is 5.11 Å². The van der Waals surface area contributed by atoms with Crippen molar-refractivity contribution >= 4 is 0 Å². The first-order valence-electron chi connectivity index (χ1n) is 6.08. The van der Waals surface area contributed by atoms with Gasteiger partial charge in [-0.05, 0) is 31.0 Å². The molecule has 0 aromatic heterocycles. The second-order valence-corrected chi connectivity index (χ2v) is 4.48. The van der Waals surface area contributed by atoms with Crippen molar-refractivity contribution in [3.63, 3.8) is 0 Å². The molecule has 0 aliphatic heterocycles. The van der Waals surface area contributed by atoms with Gasteiger partial charge in [0.2, 0.25) is 0 Å². The maximum atomic E-state index is 9.23. The molecule has 2 aromatic rings. The monoisotopic (exact) mass is 242 g/mol. The fourth-order valence-corrected chi connectivity index (χ4v) is 1.89. The molecule has 0 spiro atoms. The molecule has 0 amide bonds. The van der Waals surface area contributed by atoms with E-state index in [1.807, 2.05) is 24.3 Å². The lowest BCUT2D eigenvalue weighted by atomic mass is 10.1. The predicted molar refractivity (Wildman–Crippen MR) is 72.6 cm³/mol. The van der Waals surface area contributed by atoms with E-state index in [0.29, 0.717) is 6.61 Å². The third-order valence-electron chi connectivity index (χ3n) is 3.03. The summed E-state index contributed by atoms with van der Waals surface area (Å²) in [5.41, 5.74) is 4.46. The minimum Gasteiger partial charge on any atom is -0.489 e. The molecule has 2 heteroatoms. The van der Waals surface area contributed by atoms with Crippen LogP contribution in [0.25, 0.3) is 0 Å². The fourth-order valence-electron chi connectivity index (χ4n) is 1.89. The number of hydrogen-bond donors (Lipinski definition) is 1. The van der Waals surface area contributed by atoms with E-state index in [1.165, 1.54) is 16.7 Å². The molecule has 1 N–H and O–H groups in total. The van der Waals surface area contributed by atoms with Crippen molar-refractivity contribution in [3.05, 3.63) is 64.7 Å². The Labute approximate surface area is 108 Å². The van der Waals surface area contributed by atoms with Crippen LogP contribution in [0.2, 0.25) is 0 Å². The topological polar surface area (TPSA) is 29.5 Å². The van der Waals surface area contributed by atoms with Crippen molar-refractivity contribution < 1.29 is 9.84 Å². The zero-order valence-electron chi connectivity index (χ0n) is 10.8. The van der Waals surface area contributed by atoms with Gasteiger partial charge in [0.05, 0.1) is 6.61 Å². The van der Waals surface area contributed by atoms with Gasteiger partial charge in [0, 0.05) is 5.56 Å². The Hall–Kier alpha value is -1.80. The van der Waals surface area contributed by atoms with Gasteiger partial charge in [-0.15, -0.1) is 0 Å². The van der Waals surface area contributed by atoms with Crippen LogP contribution in [0, 0.1) is 13.8 Å². The first-order valence-corrected chi connectivity index (χ1v) is 6.08. The van der Waals surface area contributed by atoms with Crippen LogP contribution < -0.4 is 4.74 Å². The van der Waals surface area contributed by atoms with Gasteiger partial charge in [0.1, 0.15) is 12.4 Å². The second-order valence-electron chi connectivity index (χ2n) is 4.48. The largest absolute Gasteiger partial charge is 0.489 e. The van der Waals surface area contributed by atoms with Gasteiger partial charge in [-0.2, -0.15) is 0 Å². The average molecular weight is 242 g/mol. The molecule has 0 aliphatic rings. The molecule has 0 saturated carbocycles. The summed E-state index contributed by atoms with van der Waals surface area (Å²) in [7, 11) is 0. The summed E-state index contributed by atoms with van der Waals surface area (Å²) in [6, 6.07) is 13.9. The van der Waals surface area contributed by atoms with E-state index in [1.54, 1.807) is 0 Å². The standard InChI is InChI=1S/C16H18O2/c1-12-7-8-13(2)15(9-12)11-18-16-6-4-3-5-14(16)10-17/h3-9,17H,10-11H2,1-2H3. The number of benzene rings is 2. The van der Waals surface area contributed by atoms with Crippen LogP contribution in [-0.2, 0) is 13.2 Å². The summed E-state index contributed by atoms with van der Waals surface area (Å²) >= 11 is 0. The van der Waals surface area contributed by atoms with Crippen molar-refractivity contribution in [1.82, 2.24) is 0 Å². The Morgan fingerprint density at radius 3 is 2.56 bits per heavy atom. The molecule has 18 heavy (non-hydrogen) atoms. The van der Waals surface area contributed by atoms with Gasteiger partial charge >= 0.3 is 0 Å². The SMILES string of the molecule is Cc1ccc(C)c(COc2ccccc2CO)c1. The highest BCUT2D eigenvalue weighted by atomic mass is 16.5. The van der Waals surface area contributed by atoms with Gasteiger partial charge in [-0.1, -0.05) is 42.0 Å². The maximum Gasteiger partial charge on any atom is 0.125 e. The third-order valence-corrected chi connectivity index (χ3v) is 3.03. The highest BCUT2D eigenvalue weighted by molar-refractivity contribution is 5.34. The van der Waals surface area contributed by atoms with Crippen molar-refractivity contribution in [3.8, 4) is 5.75 Å². The normalized spacial score (nSPS) is 10.4. The van der Waals surface area contributed by atoms with Crippen molar-refractivity contribution in [2.24, 2.45) is 0 Å². The maximum absolute atomic E-state index is 9.23. The summed E-state index contributed by atoms with van der Waals surface area (Å²) in [6.07, 6.45) is 0. The smallest absolute Gasteiger partial charge is 0.125 e. The molecule has 2 rings (SSSR count). The predicted octanol–water partition coefficient (Wildman–Crippen LogP) is 3.37. The molecule has 0 fully saturated rings. The molecular weight excluding hydrogens is 224 g/mol. The number of rotatable bonds is 4. The third kappa shape index (κ3) is 2.90. The number of aliphatic hydroxyl groups excluding tert-OH is 1. The molecule has 0 radical (unpaired) electrons. The zero-order chi connectivity index (χ0) is 13.0. The molecule has 2 aromatic carbocycles. The molecule has 0 heterocycles. The molecule has 0 atom stereocenters. The van der Waals surface area contributed by atoms with Gasteiger partial charge in [-0.25, -0.2) is 0 Å². The van der Waals surface area contributed by atoms with Crippen molar-refractivity contribution in [2.75, 3.05) is 0 Å². The van der Waals surface area contributed by atoms with Gasteiger partial charge in [0.15, 0.2) is 0 Å². The first-order chi connectivity index (χ1) is 8.70. The summed E-state index contributed by atoms with van der Waals surface area (Å²) in [5.74, 6) is 0.751. The second kappa shape index (κ2) is 5.69. The molecule has 0 aliphatic carbocycles. The Bertz CT molecular complexity index is 532. The van der Waals surface area contributed by atoms with E-state index in [-0.39, 0.29) is 6.61 Å². The number of para-hydroxylation sites is 1. The van der Waals surface area contributed by atoms with Gasteiger partial charge in [0.25, 0.3) is 0 Å². The van der Waals surface area contributed by atoms with Crippen LogP contribution in [0.5, 0.6) is 5.75 Å². The van der Waals surface area contributed by atoms with Crippen LogP contribution in [-0.4, -0.2) is 5.11 Å². The first kappa shape index (κ1) is 12.7. The minimum atomic E-state index is 0.00295. The minimum absolute atomic E-state index is 0.00295. The number of hydrogen-bond acceptors (Lipinski definition) is 2. The summed E-state index contributed by atoms with van der Waals surface area (Å²) in [6.45, 7) is 4.69. The zero-order valence-corrected chi connectivity index (χ0v) is 10.8. The number of aliphatic hydroxyl groups is 1.